The summed E-state index contributed by atoms with van der Waals surface area (Å²) in [5.41, 5.74) is 7.60. The predicted molar refractivity (Wildman–Crippen MR) is 81.4 cm³/mol. The van der Waals surface area contributed by atoms with Crippen LogP contribution < -0.4 is 5.73 Å². The van der Waals surface area contributed by atoms with Crippen molar-refractivity contribution in [2.75, 3.05) is 6.54 Å². The van der Waals surface area contributed by atoms with Crippen molar-refractivity contribution in [1.82, 2.24) is 0 Å². The number of hydrogen-bond acceptors (Lipinski definition) is 3. The van der Waals surface area contributed by atoms with Gasteiger partial charge in [-0.05, 0) is 55.0 Å². The van der Waals surface area contributed by atoms with E-state index in [1.807, 2.05) is 6.07 Å². The van der Waals surface area contributed by atoms with Gasteiger partial charge in [-0.25, -0.2) is 0 Å². The second kappa shape index (κ2) is 5.11. The van der Waals surface area contributed by atoms with Crippen molar-refractivity contribution in [3.05, 3.63) is 38.3 Å². The molecule has 0 saturated heterocycles. The first-order valence-corrected chi connectivity index (χ1v) is 7.96. The van der Waals surface area contributed by atoms with Crippen LogP contribution in [0.15, 0.2) is 22.7 Å². The number of halogens is 1. The lowest BCUT2D eigenvalue weighted by Gasteiger charge is -2.37. The number of nitrogens with two attached hydrogens (primary N) is 1. The summed E-state index contributed by atoms with van der Waals surface area (Å²) in [6.07, 6.45) is 6.13. The summed E-state index contributed by atoms with van der Waals surface area (Å²) < 4.78 is 0.835. The molecular formula is C15H19BrN2O2. The van der Waals surface area contributed by atoms with Crippen LogP contribution >= 0.6 is 15.9 Å². The molecule has 2 N–H and O–H groups in total. The smallest absolute Gasteiger partial charge is 0.270 e. The number of nitrogens with zero attached hydrogens (tertiary/aromatic N) is 1. The molecule has 108 valence electrons. The standard InChI is InChI=1S/C15H19BrN2O2/c16-14-6-13(18(19)20)4-2-11(14)8-15(9-17)7-10-1-3-12(15)5-10/h2,4,6,10,12H,1,3,5,7-9,17H2. The van der Waals surface area contributed by atoms with E-state index in [0.717, 1.165) is 34.8 Å². The van der Waals surface area contributed by atoms with Crippen molar-refractivity contribution >= 4 is 21.6 Å². The van der Waals surface area contributed by atoms with Crippen LogP contribution in [0.4, 0.5) is 5.69 Å². The minimum atomic E-state index is -0.356. The molecule has 3 unspecified atom stereocenters. The number of nitro groups is 1. The second-order valence-corrected chi connectivity index (χ2v) is 7.21. The van der Waals surface area contributed by atoms with Gasteiger partial charge in [-0.2, -0.15) is 0 Å². The maximum Gasteiger partial charge on any atom is 0.270 e. The van der Waals surface area contributed by atoms with E-state index in [-0.39, 0.29) is 16.0 Å². The van der Waals surface area contributed by atoms with Gasteiger partial charge in [0.15, 0.2) is 0 Å². The summed E-state index contributed by atoms with van der Waals surface area (Å²) >= 11 is 3.48. The highest BCUT2D eigenvalue weighted by Crippen LogP contribution is 2.57. The molecule has 2 fully saturated rings. The third-order valence-electron chi connectivity index (χ3n) is 5.30. The van der Waals surface area contributed by atoms with Crippen molar-refractivity contribution in [2.45, 2.75) is 32.1 Å². The molecule has 3 rings (SSSR count). The van der Waals surface area contributed by atoms with Gasteiger partial charge in [-0.1, -0.05) is 28.4 Å². The quantitative estimate of drug-likeness (QED) is 0.672. The zero-order valence-electron chi connectivity index (χ0n) is 11.3. The zero-order chi connectivity index (χ0) is 14.3. The molecular weight excluding hydrogens is 320 g/mol. The molecule has 0 amide bonds. The number of nitro benzene ring substituents is 1. The van der Waals surface area contributed by atoms with Crippen LogP contribution in [0.25, 0.3) is 0 Å². The minimum Gasteiger partial charge on any atom is -0.330 e. The molecule has 0 spiro atoms. The van der Waals surface area contributed by atoms with Gasteiger partial charge in [0.25, 0.3) is 5.69 Å². The maximum absolute atomic E-state index is 10.8. The van der Waals surface area contributed by atoms with E-state index in [2.05, 4.69) is 15.9 Å². The average molecular weight is 339 g/mol. The Bertz CT molecular complexity index is 549. The Morgan fingerprint density at radius 3 is 2.75 bits per heavy atom. The van der Waals surface area contributed by atoms with Crippen molar-refractivity contribution in [2.24, 2.45) is 23.0 Å². The van der Waals surface area contributed by atoms with Crippen LogP contribution in [-0.4, -0.2) is 11.5 Å². The third-order valence-corrected chi connectivity index (χ3v) is 6.04. The van der Waals surface area contributed by atoms with Crippen LogP contribution in [0.2, 0.25) is 0 Å². The minimum absolute atomic E-state index is 0.135. The van der Waals surface area contributed by atoms with Crippen molar-refractivity contribution in [1.29, 1.82) is 0 Å². The van der Waals surface area contributed by atoms with Gasteiger partial charge < -0.3 is 5.73 Å². The summed E-state index contributed by atoms with van der Waals surface area (Å²) in [4.78, 5) is 10.4. The van der Waals surface area contributed by atoms with Crippen LogP contribution in [0.3, 0.4) is 0 Å². The molecule has 0 heterocycles. The summed E-state index contributed by atoms with van der Waals surface area (Å²) in [5.74, 6) is 1.58. The summed E-state index contributed by atoms with van der Waals surface area (Å²) in [6, 6.07) is 5.08. The molecule has 0 aromatic heterocycles. The molecule has 0 radical (unpaired) electrons. The number of hydrogen-bond donors (Lipinski definition) is 1. The van der Waals surface area contributed by atoms with Gasteiger partial charge in [-0.3, -0.25) is 10.1 Å². The Labute approximate surface area is 127 Å². The monoisotopic (exact) mass is 338 g/mol. The van der Waals surface area contributed by atoms with E-state index < -0.39 is 0 Å². The van der Waals surface area contributed by atoms with Crippen molar-refractivity contribution in [3.8, 4) is 0 Å². The lowest BCUT2D eigenvalue weighted by molar-refractivity contribution is -0.384. The molecule has 5 heteroatoms. The van der Waals surface area contributed by atoms with Crippen LogP contribution in [0, 0.1) is 27.4 Å². The molecule has 1 aromatic carbocycles. The first-order chi connectivity index (χ1) is 9.54. The first-order valence-electron chi connectivity index (χ1n) is 7.17. The normalized spacial score (nSPS) is 31.7. The summed E-state index contributed by atoms with van der Waals surface area (Å²) in [7, 11) is 0. The maximum atomic E-state index is 10.8. The molecule has 0 aliphatic heterocycles. The molecule has 20 heavy (non-hydrogen) atoms. The van der Waals surface area contributed by atoms with Crippen LogP contribution in [0.5, 0.6) is 0 Å². The van der Waals surface area contributed by atoms with Crippen molar-refractivity contribution in [3.63, 3.8) is 0 Å². The summed E-state index contributed by atoms with van der Waals surface area (Å²) in [6.45, 7) is 0.720. The molecule has 1 aromatic rings. The number of rotatable bonds is 4. The average Bonchev–Trinajstić information content (AvgIpc) is 3.01. The van der Waals surface area contributed by atoms with Crippen molar-refractivity contribution < 1.29 is 4.92 Å². The van der Waals surface area contributed by atoms with Gasteiger partial charge in [-0.15, -0.1) is 0 Å². The van der Waals surface area contributed by atoms with E-state index in [1.54, 1.807) is 12.1 Å². The topological polar surface area (TPSA) is 69.2 Å². The lowest BCUT2D eigenvalue weighted by Crippen LogP contribution is -2.38. The third kappa shape index (κ3) is 2.27. The molecule has 4 nitrogen and oxygen atoms in total. The molecule has 2 aliphatic rings. The highest BCUT2D eigenvalue weighted by Gasteiger charge is 2.49. The Kier molecular flexibility index (Phi) is 3.58. The molecule has 2 saturated carbocycles. The SMILES string of the molecule is NCC1(Cc2ccc([N+](=O)[O-])cc2Br)CC2CCC1C2. The number of non-ortho nitro benzene ring substituents is 1. The molecule has 2 aliphatic carbocycles. The van der Waals surface area contributed by atoms with E-state index in [0.29, 0.717) is 0 Å². The van der Waals surface area contributed by atoms with E-state index >= 15 is 0 Å². The zero-order valence-corrected chi connectivity index (χ0v) is 12.9. The van der Waals surface area contributed by atoms with Gasteiger partial charge in [0.05, 0.1) is 4.92 Å². The van der Waals surface area contributed by atoms with Gasteiger partial charge >= 0.3 is 0 Å². The highest BCUT2D eigenvalue weighted by molar-refractivity contribution is 9.10. The Hall–Kier alpha value is -0.940. The fourth-order valence-electron chi connectivity index (χ4n) is 4.27. The molecule has 2 bridgehead atoms. The van der Waals surface area contributed by atoms with Crippen LogP contribution in [0.1, 0.15) is 31.2 Å². The fraction of sp³-hybridized carbons (Fsp3) is 0.600. The lowest BCUT2D eigenvalue weighted by atomic mass is 9.69. The Morgan fingerprint density at radius 2 is 2.25 bits per heavy atom. The largest absolute Gasteiger partial charge is 0.330 e. The van der Waals surface area contributed by atoms with Gasteiger partial charge in [0.2, 0.25) is 0 Å². The predicted octanol–water partition coefficient (Wildman–Crippen LogP) is 3.66. The van der Waals surface area contributed by atoms with Gasteiger partial charge in [0, 0.05) is 16.6 Å². The van der Waals surface area contributed by atoms with E-state index in [9.17, 15) is 10.1 Å². The van der Waals surface area contributed by atoms with Crippen LogP contribution in [-0.2, 0) is 6.42 Å². The summed E-state index contributed by atoms with van der Waals surface area (Å²) in [5, 5.41) is 10.8. The van der Waals surface area contributed by atoms with E-state index in [4.69, 9.17) is 5.73 Å². The number of fused-ring (bicyclic) bond motifs is 2. The van der Waals surface area contributed by atoms with E-state index in [1.165, 1.54) is 25.7 Å². The first kappa shape index (κ1) is 14.0. The highest BCUT2D eigenvalue weighted by atomic mass is 79.9. The fourth-order valence-corrected chi connectivity index (χ4v) is 4.78. The van der Waals surface area contributed by atoms with Gasteiger partial charge in [0.1, 0.15) is 0 Å². The Balaban J connectivity index is 1.85. The number of benzene rings is 1. The molecule has 3 atom stereocenters. The Morgan fingerprint density at radius 1 is 1.45 bits per heavy atom. The second-order valence-electron chi connectivity index (χ2n) is 6.36.